The summed E-state index contributed by atoms with van der Waals surface area (Å²) in [5.74, 6) is 1.23. The first-order chi connectivity index (χ1) is 14.2. The van der Waals surface area contributed by atoms with Crippen LogP contribution < -0.4 is 4.74 Å². The SMILES string of the molecule is O=C(c1ccc(Oc2cccc(Br)c2)nc1)N1CCN(CCN2CCCC2)CC1. The molecule has 7 heteroatoms. The van der Waals surface area contributed by atoms with Crippen molar-refractivity contribution in [2.75, 3.05) is 52.4 Å². The number of carbonyl (C=O) groups is 1. The van der Waals surface area contributed by atoms with E-state index in [1.807, 2.05) is 29.2 Å². The zero-order valence-corrected chi connectivity index (χ0v) is 18.2. The Morgan fingerprint density at radius 1 is 0.966 bits per heavy atom. The largest absolute Gasteiger partial charge is 0.439 e. The van der Waals surface area contributed by atoms with Crippen LogP contribution in [0.15, 0.2) is 47.1 Å². The van der Waals surface area contributed by atoms with Gasteiger partial charge < -0.3 is 14.5 Å². The van der Waals surface area contributed by atoms with Crippen LogP contribution in [0.25, 0.3) is 0 Å². The van der Waals surface area contributed by atoms with Crippen LogP contribution in [-0.4, -0.2) is 77.9 Å². The zero-order valence-electron chi connectivity index (χ0n) is 16.6. The monoisotopic (exact) mass is 458 g/mol. The van der Waals surface area contributed by atoms with Crippen molar-refractivity contribution in [3.8, 4) is 11.6 Å². The third-order valence-corrected chi connectivity index (χ3v) is 6.09. The molecule has 0 radical (unpaired) electrons. The number of amides is 1. The summed E-state index contributed by atoms with van der Waals surface area (Å²) in [5.41, 5.74) is 0.608. The van der Waals surface area contributed by atoms with Crippen molar-refractivity contribution >= 4 is 21.8 Å². The molecule has 29 heavy (non-hydrogen) atoms. The van der Waals surface area contributed by atoms with Crippen molar-refractivity contribution in [1.29, 1.82) is 0 Å². The standard InChI is InChI=1S/C22H27BrN4O2/c23-19-4-3-5-20(16-19)29-21-7-6-18(17-24-21)22(28)27-14-12-26(13-15-27)11-10-25-8-1-2-9-25/h3-7,16-17H,1-2,8-15H2. The number of nitrogens with zero attached hydrogens (tertiary/aromatic N) is 4. The molecule has 0 bridgehead atoms. The van der Waals surface area contributed by atoms with Gasteiger partial charge in [-0.05, 0) is 50.2 Å². The second kappa shape index (κ2) is 9.69. The van der Waals surface area contributed by atoms with Gasteiger partial charge in [0.15, 0.2) is 0 Å². The number of aromatic nitrogens is 1. The van der Waals surface area contributed by atoms with E-state index in [-0.39, 0.29) is 5.91 Å². The number of pyridine rings is 1. The number of rotatable bonds is 6. The van der Waals surface area contributed by atoms with E-state index in [1.165, 1.54) is 25.9 Å². The summed E-state index contributed by atoms with van der Waals surface area (Å²) in [6.07, 6.45) is 4.28. The maximum Gasteiger partial charge on any atom is 0.255 e. The van der Waals surface area contributed by atoms with Gasteiger partial charge in [-0.25, -0.2) is 4.98 Å². The predicted octanol–water partition coefficient (Wildman–Crippen LogP) is 3.49. The maximum absolute atomic E-state index is 12.8. The molecule has 6 nitrogen and oxygen atoms in total. The molecule has 1 amide bonds. The highest BCUT2D eigenvalue weighted by molar-refractivity contribution is 9.10. The maximum atomic E-state index is 12.8. The van der Waals surface area contributed by atoms with Gasteiger partial charge in [0.1, 0.15) is 5.75 Å². The molecule has 2 fully saturated rings. The van der Waals surface area contributed by atoms with Crippen molar-refractivity contribution in [1.82, 2.24) is 19.7 Å². The molecule has 4 rings (SSSR count). The number of hydrogen-bond donors (Lipinski definition) is 0. The second-order valence-electron chi connectivity index (χ2n) is 7.63. The predicted molar refractivity (Wildman–Crippen MR) is 116 cm³/mol. The van der Waals surface area contributed by atoms with Crippen LogP contribution in [0.3, 0.4) is 0 Å². The van der Waals surface area contributed by atoms with Crippen LogP contribution in [0.1, 0.15) is 23.2 Å². The summed E-state index contributed by atoms with van der Waals surface area (Å²) in [7, 11) is 0. The van der Waals surface area contributed by atoms with Crippen LogP contribution in [0, 0.1) is 0 Å². The molecule has 0 saturated carbocycles. The summed E-state index contributed by atoms with van der Waals surface area (Å²) in [6, 6.07) is 11.1. The topological polar surface area (TPSA) is 48.9 Å². The van der Waals surface area contributed by atoms with Crippen LogP contribution in [0.4, 0.5) is 0 Å². The van der Waals surface area contributed by atoms with Crippen LogP contribution in [-0.2, 0) is 0 Å². The molecule has 3 heterocycles. The van der Waals surface area contributed by atoms with E-state index in [0.29, 0.717) is 17.2 Å². The molecule has 1 aromatic heterocycles. The van der Waals surface area contributed by atoms with E-state index < -0.39 is 0 Å². The molecule has 0 aliphatic carbocycles. The third kappa shape index (κ3) is 5.56. The first-order valence-electron chi connectivity index (χ1n) is 10.3. The average molecular weight is 459 g/mol. The normalized spacial score (nSPS) is 18.2. The summed E-state index contributed by atoms with van der Waals surface area (Å²) in [5, 5.41) is 0. The van der Waals surface area contributed by atoms with Gasteiger partial charge >= 0.3 is 0 Å². The van der Waals surface area contributed by atoms with Crippen molar-refractivity contribution in [3.63, 3.8) is 0 Å². The fraction of sp³-hybridized carbons (Fsp3) is 0.455. The van der Waals surface area contributed by atoms with E-state index >= 15 is 0 Å². The second-order valence-corrected chi connectivity index (χ2v) is 8.54. The fourth-order valence-electron chi connectivity index (χ4n) is 3.86. The van der Waals surface area contributed by atoms with E-state index in [2.05, 4.69) is 30.7 Å². The first-order valence-corrected chi connectivity index (χ1v) is 11.1. The van der Waals surface area contributed by atoms with E-state index in [0.717, 1.165) is 43.7 Å². The molecule has 0 spiro atoms. The molecular weight excluding hydrogens is 432 g/mol. The number of likely N-dealkylation sites (tertiary alicyclic amines) is 1. The summed E-state index contributed by atoms with van der Waals surface area (Å²) >= 11 is 3.42. The number of halogens is 1. The number of carbonyl (C=O) groups excluding carboxylic acids is 1. The molecule has 2 saturated heterocycles. The van der Waals surface area contributed by atoms with Gasteiger partial charge in [-0.3, -0.25) is 9.69 Å². The van der Waals surface area contributed by atoms with Gasteiger partial charge in [0.2, 0.25) is 5.88 Å². The Kier molecular flexibility index (Phi) is 6.79. The fourth-order valence-corrected chi connectivity index (χ4v) is 4.24. The smallest absolute Gasteiger partial charge is 0.255 e. The number of benzene rings is 1. The van der Waals surface area contributed by atoms with Gasteiger partial charge in [0.25, 0.3) is 5.91 Å². The lowest BCUT2D eigenvalue weighted by Gasteiger charge is -2.35. The molecule has 0 atom stereocenters. The minimum absolute atomic E-state index is 0.0469. The Morgan fingerprint density at radius 3 is 2.34 bits per heavy atom. The summed E-state index contributed by atoms with van der Waals surface area (Å²) in [4.78, 5) is 24.0. The highest BCUT2D eigenvalue weighted by Gasteiger charge is 2.23. The van der Waals surface area contributed by atoms with Crippen LogP contribution >= 0.6 is 15.9 Å². The van der Waals surface area contributed by atoms with E-state index in [9.17, 15) is 4.79 Å². The lowest BCUT2D eigenvalue weighted by Crippen LogP contribution is -2.50. The van der Waals surface area contributed by atoms with E-state index in [4.69, 9.17) is 4.74 Å². The Morgan fingerprint density at radius 2 is 1.69 bits per heavy atom. The first kappa shape index (κ1) is 20.3. The Labute approximate surface area is 180 Å². The molecule has 2 aliphatic heterocycles. The number of hydrogen-bond acceptors (Lipinski definition) is 5. The van der Waals surface area contributed by atoms with Crippen molar-refractivity contribution < 1.29 is 9.53 Å². The highest BCUT2D eigenvalue weighted by Crippen LogP contribution is 2.23. The molecule has 0 unspecified atom stereocenters. The minimum Gasteiger partial charge on any atom is -0.439 e. The van der Waals surface area contributed by atoms with Crippen molar-refractivity contribution in [2.24, 2.45) is 0 Å². The molecule has 2 aromatic rings. The number of piperazine rings is 1. The Hall–Kier alpha value is -1.96. The zero-order chi connectivity index (χ0) is 20.1. The minimum atomic E-state index is 0.0469. The third-order valence-electron chi connectivity index (χ3n) is 5.59. The Bertz CT molecular complexity index is 816. The lowest BCUT2D eigenvalue weighted by atomic mass is 10.2. The quantitative estimate of drug-likeness (QED) is 0.662. The van der Waals surface area contributed by atoms with E-state index in [1.54, 1.807) is 18.3 Å². The van der Waals surface area contributed by atoms with Crippen molar-refractivity contribution in [3.05, 3.63) is 52.6 Å². The van der Waals surface area contributed by atoms with Gasteiger partial charge in [-0.15, -0.1) is 0 Å². The molecule has 0 N–H and O–H groups in total. The Balaban J connectivity index is 1.26. The molecule has 1 aromatic carbocycles. The lowest BCUT2D eigenvalue weighted by molar-refractivity contribution is 0.0626. The summed E-state index contributed by atoms with van der Waals surface area (Å²) < 4.78 is 6.69. The van der Waals surface area contributed by atoms with Gasteiger partial charge in [-0.1, -0.05) is 22.0 Å². The number of ether oxygens (including phenoxy) is 1. The van der Waals surface area contributed by atoms with Gasteiger partial charge in [-0.2, -0.15) is 0 Å². The van der Waals surface area contributed by atoms with Crippen molar-refractivity contribution in [2.45, 2.75) is 12.8 Å². The molecule has 2 aliphatic rings. The highest BCUT2D eigenvalue weighted by atomic mass is 79.9. The van der Waals surface area contributed by atoms with Crippen LogP contribution in [0.2, 0.25) is 0 Å². The molecule has 154 valence electrons. The average Bonchev–Trinajstić information content (AvgIpc) is 3.26. The van der Waals surface area contributed by atoms with Gasteiger partial charge in [0.05, 0.1) is 5.56 Å². The van der Waals surface area contributed by atoms with Crippen LogP contribution in [0.5, 0.6) is 11.6 Å². The van der Waals surface area contributed by atoms with Gasteiger partial charge in [0, 0.05) is 56.0 Å². The molecular formula is C22H27BrN4O2. The summed E-state index contributed by atoms with van der Waals surface area (Å²) in [6.45, 7) is 8.17.